The van der Waals surface area contributed by atoms with Gasteiger partial charge in [-0.05, 0) is 48.7 Å². The number of halogens is 4. The first-order valence-corrected chi connectivity index (χ1v) is 8.82. The van der Waals surface area contributed by atoms with Crippen LogP contribution in [0.15, 0.2) is 42.6 Å². The fourth-order valence-corrected chi connectivity index (χ4v) is 3.25. The number of nitrogen functional groups attached to an aromatic ring is 1. The van der Waals surface area contributed by atoms with Gasteiger partial charge in [0.05, 0.1) is 16.9 Å². The fraction of sp³-hybridized carbons (Fsp3) is 0.150. The Bertz CT molecular complexity index is 1040. The molecule has 0 spiro atoms. The van der Waals surface area contributed by atoms with Crippen LogP contribution in [0, 0.1) is 17.5 Å². The first kappa shape index (κ1) is 18.4. The third-order valence-electron chi connectivity index (χ3n) is 4.44. The second-order valence-electron chi connectivity index (χ2n) is 6.34. The molecule has 1 aliphatic rings. The minimum atomic E-state index is -1.60. The Balaban J connectivity index is 1.56. The zero-order valence-corrected chi connectivity index (χ0v) is 15.1. The Hall–Kier alpha value is -2.93. The van der Waals surface area contributed by atoms with E-state index in [4.69, 9.17) is 26.8 Å². The van der Waals surface area contributed by atoms with Gasteiger partial charge >= 0.3 is 0 Å². The summed E-state index contributed by atoms with van der Waals surface area (Å²) >= 11 is 5.65. The molecular formula is C20H14ClF3N2O2. The summed E-state index contributed by atoms with van der Waals surface area (Å²) in [6, 6.07) is 9.53. The predicted molar refractivity (Wildman–Crippen MR) is 98.2 cm³/mol. The maximum Gasteiger partial charge on any atom is 0.219 e. The smallest absolute Gasteiger partial charge is 0.219 e. The van der Waals surface area contributed by atoms with Crippen LogP contribution in [0.4, 0.5) is 18.9 Å². The number of anilines is 1. The number of rotatable bonds is 3. The summed E-state index contributed by atoms with van der Waals surface area (Å²) in [5, 5.41) is -0.483. The molecule has 0 saturated heterocycles. The van der Waals surface area contributed by atoms with Gasteiger partial charge in [-0.15, -0.1) is 0 Å². The van der Waals surface area contributed by atoms with Crippen LogP contribution in [0.25, 0.3) is 0 Å². The van der Waals surface area contributed by atoms with Crippen molar-refractivity contribution >= 4 is 17.3 Å². The van der Waals surface area contributed by atoms with E-state index < -0.39 is 28.6 Å². The van der Waals surface area contributed by atoms with Gasteiger partial charge in [-0.25, -0.2) is 18.2 Å². The van der Waals surface area contributed by atoms with Crippen LogP contribution >= 0.6 is 11.6 Å². The first-order chi connectivity index (χ1) is 13.4. The molecule has 0 radical (unpaired) electrons. The number of aryl methyl sites for hydroxylation is 1. The zero-order chi connectivity index (χ0) is 19.8. The van der Waals surface area contributed by atoms with E-state index in [1.54, 1.807) is 30.3 Å². The normalized spacial score (nSPS) is 15.6. The van der Waals surface area contributed by atoms with E-state index in [9.17, 15) is 13.2 Å². The van der Waals surface area contributed by atoms with Crippen LogP contribution in [-0.4, -0.2) is 4.98 Å². The highest BCUT2D eigenvalue weighted by atomic mass is 35.5. The van der Waals surface area contributed by atoms with Gasteiger partial charge in [0, 0.05) is 11.6 Å². The summed E-state index contributed by atoms with van der Waals surface area (Å²) in [6.45, 7) is 0. The molecule has 2 aromatic carbocycles. The Morgan fingerprint density at radius 1 is 1.07 bits per heavy atom. The summed E-state index contributed by atoms with van der Waals surface area (Å²) < 4.78 is 52.7. The van der Waals surface area contributed by atoms with E-state index in [1.807, 2.05) is 0 Å². The average Bonchev–Trinajstić information content (AvgIpc) is 2.70. The molecule has 2 N–H and O–H groups in total. The second-order valence-corrected chi connectivity index (χ2v) is 6.74. The molecule has 1 atom stereocenters. The second kappa shape index (κ2) is 7.24. The van der Waals surface area contributed by atoms with E-state index in [-0.39, 0.29) is 5.56 Å². The summed E-state index contributed by atoms with van der Waals surface area (Å²) in [7, 11) is 0. The number of fused-ring (bicyclic) bond motifs is 1. The number of aromatic nitrogens is 1. The number of hydrogen-bond donors (Lipinski definition) is 1. The summed E-state index contributed by atoms with van der Waals surface area (Å²) in [5.41, 5.74) is 6.86. The largest absolute Gasteiger partial charge is 0.485 e. The summed E-state index contributed by atoms with van der Waals surface area (Å²) in [5.74, 6) is -2.84. The minimum absolute atomic E-state index is 0.110. The van der Waals surface area contributed by atoms with Gasteiger partial charge < -0.3 is 15.2 Å². The van der Waals surface area contributed by atoms with Gasteiger partial charge in [0.25, 0.3) is 0 Å². The highest BCUT2D eigenvalue weighted by Crippen LogP contribution is 2.39. The molecule has 1 aliphatic heterocycles. The predicted octanol–water partition coefficient (Wildman–Crippen LogP) is 5.59. The van der Waals surface area contributed by atoms with E-state index in [0.717, 1.165) is 11.6 Å². The lowest BCUT2D eigenvalue weighted by Gasteiger charge is -2.27. The van der Waals surface area contributed by atoms with Crippen molar-refractivity contribution in [3.63, 3.8) is 0 Å². The lowest BCUT2D eigenvalue weighted by Crippen LogP contribution is -2.17. The Labute approximate surface area is 163 Å². The number of pyridine rings is 1. The molecule has 0 aliphatic carbocycles. The van der Waals surface area contributed by atoms with Crippen LogP contribution in [0.3, 0.4) is 0 Å². The number of benzene rings is 2. The molecule has 0 fully saturated rings. The van der Waals surface area contributed by atoms with Crippen molar-refractivity contribution in [2.75, 3.05) is 5.73 Å². The lowest BCUT2D eigenvalue weighted by atomic mass is 9.96. The quantitative estimate of drug-likeness (QED) is 0.455. The van der Waals surface area contributed by atoms with Crippen LogP contribution in [0.2, 0.25) is 5.02 Å². The maximum atomic E-state index is 14.1. The molecule has 3 aromatic rings. The van der Waals surface area contributed by atoms with Crippen LogP contribution in [-0.2, 0) is 6.42 Å². The fourth-order valence-electron chi connectivity index (χ4n) is 3.05. The van der Waals surface area contributed by atoms with E-state index in [1.165, 1.54) is 6.20 Å². The highest BCUT2D eigenvalue weighted by molar-refractivity contribution is 6.30. The number of nitrogens with two attached hydrogens (primary N) is 1. The number of ether oxygens (including phenoxy) is 2. The van der Waals surface area contributed by atoms with Crippen molar-refractivity contribution in [1.29, 1.82) is 0 Å². The topological polar surface area (TPSA) is 57.4 Å². The van der Waals surface area contributed by atoms with Gasteiger partial charge in [0.1, 0.15) is 17.6 Å². The maximum absolute atomic E-state index is 14.1. The minimum Gasteiger partial charge on any atom is -0.485 e. The molecule has 28 heavy (non-hydrogen) atoms. The van der Waals surface area contributed by atoms with Crippen molar-refractivity contribution < 1.29 is 22.6 Å². The lowest BCUT2D eigenvalue weighted by molar-refractivity contribution is 0.170. The zero-order valence-electron chi connectivity index (χ0n) is 14.4. The molecule has 0 amide bonds. The molecule has 0 bridgehead atoms. The molecule has 1 unspecified atom stereocenters. The molecular weight excluding hydrogens is 393 g/mol. The molecule has 2 heterocycles. The van der Waals surface area contributed by atoms with Crippen molar-refractivity contribution in [1.82, 2.24) is 4.98 Å². The Kier molecular flexibility index (Phi) is 4.77. The van der Waals surface area contributed by atoms with Crippen molar-refractivity contribution in [2.24, 2.45) is 0 Å². The molecule has 1 aromatic heterocycles. The van der Waals surface area contributed by atoms with Gasteiger partial charge in [0.2, 0.25) is 5.88 Å². The molecule has 0 saturated carbocycles. The third kappa shape index (κ3) is 3.45. The van der Waals surface area contributed by atoms with Crippen molar-refractivity contribution in [3.05, 3.63) is 76.2 Å². The molecule has 8 heteroatoms. The van der Waals surface area contributed by atoms with Crippen molar-refractivity contribution in [2.45, 2.75) is 18.9 Å². The summed E-state index contributed by atoms with van der Waals surface area (Å²) in [4.78, 5) is 4.07. The molecule has 4 rings (SSSR count). The Morgan fingerprint density at radius 2 is 1.89 bits per heavy atom. The number of hydrogen-bond acceptors (Lipinski definition) is 4. The standard InChI is InChI=1S/C20H14ClF3N2O2/c21-14-8-13(18(22)20(24)19(14)23)16-4-1-10-7-12(3-5-15(10)28-16)27-17-6-2-11(25)9-26-17/h2-3,5-9,16H,1,4,25H2. The van der Waals surface area contributed by atoms with E-state index >= 15 is 0 Å². The molecule has 144 valence electrons. The monoisotopic (exact) mass is 406 g/mol. The van der Waals surface area contributed by atoms with Gasteiger partial charge in [-0.2, -0.15) is 0 Å². The first-order valence-electron chi connectivity index (χ1n) is 8.44. The van der Waals surface area contributed by atoms with E-state index in [2.05, 4.69) is 4.98 Å². The van der Waals surface area contributed by atoms with Gasteiger partial charge in [-0.1, -0.05) is 11.6 Å². The van der Waals surface area contributed by atoms with Gasteiger partial charge in [0.15, 0.2) is 17.5 Å². The van der Waals surface area contributed by atoms with Crippen LogP contribution < -0.4 is 15.2 Å². The average molecular weight is 407 g/mol. The number of nitrogens with zero attached hydrogens (tertiary/aromatic N) is 1. The van der Waals surface area contributed by atoms with Crippen LogP contribution in [0.1, 0.15) is 23.7 Å². The molecule has 4 nitrogen and oxygen atoms in total. The van der Waals surface area contributed by atoms with E-state index in [0.29, 0.717) is 35.9 Å². The third-order valence-corrected chi connectivity index (χ3v) is 4.71. The van der Waals surface area contributed by atoms with Gasteiger partial charge in [-0.3, -0.25) is 0 Å². The van der Waals surface area contributed by atoms with Crippen LogP contribution in [0.5, 0.6) is 17.4 Å². The Morgan fingerprint density at radius 3 is 2.64 bits per heavy atom. The SMILES string of the molecule is Nc1ccc(Oc2ccc3c(c2)CCC(c2cc(Cl)c(F)c(F)c2F)O3)nc1. The van der Waals surface area contributed by atoms with Crippen molar-refractivity contribution in [3.8, 4) is 17.4 Å². The summed E-state index contributed by atoms with van der Waals surface area (Å²) in [6.07, 6.45) is 1.62. The highest BCUT2D eigenvalue weighted by Gasteiger charge is 2.28.